The highest BCUT2D eigenvalue weighted by molar-refractivity contribution is 6.06. The molecule has 1 amide bonds. The summed E-state index contributed by atoms with van der Waals surface area (Å²) < 4.78 is 43.0. The monoisotopic (exact) mass is 618 g/mol. The average Bonchev–Trinajstić information content (AvgIpc) is 2.96. The van der Waals surface area contributed by atoms with Gasteiger partial charge in [0, 0.05) is 37.4 Å². The molecule has 3 aromatic rings. The van der Waals surface area contributed by atoms with Gasteiger partial charge in [-0.15, -0.1) is 0 Å². The lowest BCUT2D eigenvalue weighted by Crippen LogP contribution is -2.57. The fraction of sp³-hybridized carbons (Fsp3) is 0.394. The fourth-order valence-corrected chi connectivity index (χ4v) is 5.99. The van der Waals surface area contributed by atoms with Crippen LogP contribution in [0.5, 0.6) is 5.75 Å². The quantitative estimate of drug-likeness (QED) is 0.353. The Morgan fingerprint density at radius 2 is 1.93 bits per heavy atom. The number of carbonyl (C=O) groups is 1. The Morgan fingerprint density at radius 3 is 2.62 bits per heavy atom. The van der Waals surface area contributed by atoms with Crippen molar-refractivity contribution in [3.63, 3.8) is 0 Å². The Labute approximate surface area is 260 Å². The van der Waals surface area contributed by atoms with Gasteiger partial charge in [0.2, 0.25) is 6.35 Å². The minimum absolute atomic E-state index is 0.226. The number of aromatic nitrogens is 2. The van der Waals surface area contributed by atoms with E-state index in [1.54, 1.807) is 16.0 Å². The molecule has 1 aromatic carbocycles. The second kappa shape index (κ2) is 11.4. The molecule has 1 N–H and O–H groups in total. The summed E-state index contributed by atoms with van der Waals surface area (Å²) in [7, 11) is 0. The molecule has 2 unspecified atom stereocenters. The molecular weight excluding hydrogens is 582 g/mol. The molecule has 0 saturated carbocycles. The smallest absolute Gasteiger partial charge is 0.410 e. The van der Waals surface area contributed by atoms with Gasteiger partial charge in [0.1, 0.15) is 40.6 Å². The number of hydrogen-bond acceptors (Lipinski definition) is 9. The fourth-order valence-electron chi connectivity index (χ4n) is 5.99. The predicted molar refractivity (Wildman–Crippen MR) is 166 cm³/mol. The number of phenols is 1. The highest BCUT2D eigenvalue weighted by Gasteiger charge is 2.43. The van der Waals surface area contributed by atoms with Crippen molar-refractivity contribution >= 4 is 29.5 Å². The van der Waals surface area contributed by atoms with Crippen LogP contribution in [0.15, 0.2) is 47.6 Å². The van der Waals surface area contributed by atoms with E-state index in [-0.39, 0.29) is 23.1 Å². The first-order chi connectivity index (χ1) is 21.4. The number of piperazine rings is 1. The minimum Gasteiger partial charge on any atom is -0.507 e. The second-order valence-corrected chi connectivity index (χ2v) is 12.4. The first-order valence-corrected chi connectivity index (χ1v) is 15.0. The number of halogens is 2. The number of benzene rings is 1. The van der Waals surface area contributed by atoms with Crippen LogP contribution < -0.4 is 4.90 Å². The molecule has 0 bridgehead atoms. The van der Waals surface area contributed by atoms with Gasteiger partial charge in [-0.05, 0) is 65.8 Å². The first kappa shape index (κ1) is 30.4. The van der Waals surface area contributed by atoms with Crippen LogP contribution in [0.1, 0.15) is 64.5 Å². The first-order valence-electron chi connectivity index (χ1n) is 15.0. The molecule has 2 aromatic heterocycles. The summed E-state index contributed by atoms with van der Waals surface area (Å²) >= 11 is 0. The zero-order chi connectivity index (χ0) is 32.2. The maximum atomic E-state index is 16.0. The number of carbonyl (C=O) groups excluding carboxylic acids is 1. The summed E-state index contributed by atoms with van der Waals surface area (Å²) in [5.74, 6) is -1.36. The van der Waals surface area contributed by atoms with E-state index in [4.69, 9.17) is 19.5 Å². The normalized spacial score (nSPS) is 21.3. The van der Waals surface area contributed by atoms with Crippen molar-refractivity contribution in [2.45, 2.75) is 65.6 Å². The highest BCUT2D eigenvalue weighted by Crippen LogP contribution is 2.47. The molecule has 0 aliphatic carbocycles. The molecular formula is C33H36F2N6O4. The van der Waals surface area contributed by atoms with E-state index in [1.807, 2.05) is 64.7 Å². The molecule has 1 fully saturated rings. The topological polar surface area (TPSA) is 104 Å². The van der Waals surface area contributed by atoms with Crippen molar-refractivity contribution in [3.8, 4) is 17.0 Å². The van der Waals surface area contributed by atoms with E-state index < -0.39 is 41.5 Å². The van der Waals surface area contributed by atoms with Crippen molar-refractivity contribution in [3.05, 3.63) is 71.1 Å². The molecule has 3 aliphatic heterocycles. The van der Waals surface area contributed by atoms with Crippen LogP contribution in [0.25, 0.3) is 17.3 Å². The Bertz CT molecular complexity index is 1700. The molecule has 12 heteroatoms. The Morgan fingerprint density at radius 1 is 1.16 bits per heavy atom. The van der Waals surface area contributed by atoms with Gasteiger partial charge >= 0.3 is 6.09 Å². The average molecular weight is 619 g/mol. The van der Waals surface area contributed by atoms with Crippen molar-refractivity contribution in [1.29, 1.82) is 0 Å². The Balaban J connectivity index is 1.50. The number of fused-ring (bicyclic) bond motifs is 5. The molecule has 236 valence electrons. The number of nitrogens with zero attached hydrogens (tertiary/aromatic N) is 6. The minimum atomic E-state index is -0.903. The number of ether oxygens (including phenoxy) is 2. The van der Waals surface area contributed by atoms with E-state index in [2.05, 4.69) is 4.98 Å². The lowest BCUT2D eigenvalue weighted by molar-refractivity contribution is -0.00927. The summed E-state index contributed by atoms with van der Waals surface area (Å²) in [6.45, 7) is 12.3. The number of amides is 1. The van der Waals surface area contributed by atoms with Crippen LogP contribution in [0.4, 0.5) is 25.1 Å². The van der Waals surface area contributed by atoms with Crippen molar-refractivity contribution in [2.75, 3.05) is 24.5 Å². The van der Waals surface area contributed by atoms with Gasteiger partial charge in [0.15, 0.2) is 5.82 Å². The number of allylic oxidation sites excluding steroid dienone is 1. The number of hydrogen-bond donors (Lipinski definition) is 1. The standard InChI is InChI=1S/C33H36F2N6O4/c1-7-9-20-12-13-36-26-19(3)44-31-38-29(40-15-14-39(17-18(40)2)32(43)45-33(4,5)6)21-16-23(35)27(37-30(21)41(31)28(20)26)25-22(34)10-8-11-24(25)42/h7-13,16,18-19,31,42H,14-15,17H2,1-6H3/b9-7+/t18-,19?,31?/m0/s1. The summed E-state index contributed by atoms with van der Waals surface area (Å²) in [6, 6.07) is 6.68. The number of aromatic hydroxyl groups is 1. The molecule has 5 heterocycles. The molecule has 3 aliphatic rings. The number of anilines is 2. The van der Waals surface area contributed by atoms with Crippen LogP contribution >= 0.6 is 0 Å². The molecule has 0 spiro atoms. The van der Waals surface area contributed by atoms with Crippen LogP contribution in [0.2, 0.25) is 0 Å². The van der Waals surface area contributed by atoms with Crippen LogP contribution in [0, 0.1) is 11.6 Å². The van der Waals surface area contributed by atoms with E-state index in [0.717, 1.165) is 11.6 Å². The maximum Gasteiger partial charge on any atom is 0.410 e. The highest BCUT2D eigenvalue weighted by atomic mass is 19.1. The van der Waals surface area contributed by atoms with Crippen LogP contribution in [-0.2, 0) is 9.47 Å². The van der Waals surface area contributed by atoms with E-state index in [1.165, 1.54) is 18.2 Å². The molecule has 0 radical (unpaired) electrons. The summed E-state index contributed by atoms with van der Waals surface area (Å²) in [5.41, 5.74) is 1.20. The Kier molecular flexibility index (Phi) is 7.72. The molecule has 45 heavy (non-hydrogen) atoms. The van der Waals surface area contributed by atoms with Crippen molar-refractivity contribution in [2.24, 2.45) is 4.99 Å². The third-order valence-corrected chi connectivity index (χ3v) is 7.94. The van der Waals surface area contributed by atoms with Gasteiger partial charge in [-0.3, -0.25) is 9.88 Å². The van der Waals surface area contributed by atoms with Crippen LogP contribution in [0.3, 0.4) is 0 Å². The van der Waals surface area contributed by atoms with Crippen molar-refractivity contribution in [1.82, 2.24) is 19.8 Å². The molecule has 6 rings (SSSR count). The molecule has 10 nitrogen and oxygen atoms in total. The third kappa shape index (κ3) is 5.47. The zero-order valence-corrected chi connectivity index (χ0v) is 26.1. The van der Waals surface area contributed by atoms with Gasteiger partial charge in [-0.25, -0.2) is 23.6 Å². The lowest BCUT2D eigenvalue weighted by atomic mass is 10.0. The maximum absolute atomic E-state index is 16.0. The number of rotatable bonds is 2. The van der Waals surface area contributed by atoms with Gasteiger partial charge in [0.05, 0.1) is 22.5 Å². The van der Waals surface area contributed by atoms with E-state index in [9.17, 15) is 9.90 Å². The van der Waals surface area contributed by atoms with Gasteiger partial charge < -0.3 is 24.4 Å². The number of pyridine rings is 2. The third-order valence-electron chi connectivity index (χ3n) is 7.94. The van der Waals surface area contributed by atoms with E-state index >= 15 is 8.78 Å². The summed E-state index contributed by atoms with van der Waals surface area (Å²) in [6.07, 6.45) is 3.78. The Hall–Kier alpha value is -4.58. The largest absolute Gasteiger partial charge is 0.507 e. The summed E-state index contributed by atoms with van der Waals surface area (Å²) in [5, 5.41) is 10.6. The molecule has 3 atom stereocenters. The predicted octanol–water partition coefficient (Wildman–Crippen LogP) is 6.37. The lowest BCUT2D eigenvalue weighted by Gasteiger charge is -2.46. The number of amidine groups is 1. The van der Waals surface area contributed by atoms with Gasteiger partial charge in [-0.1, -0.05) is 18.2 Å². The second-order valence-electron chi connectivity index (χ2n) is 12.4. The number of aliphatic imine (C=N–C) groups is 1. The summed E-state index contributed by atoms with van der Waals surface area (Å²) in [4.78, 5) is 32.5. The SMILES string of the molecule is C/C=C/c1ccnc2c1N1c3nc(-c4c(O)cccc4F)c(F)cc3C(N3CCN(C(=O)OC(C)(C)C)C[C@@H]3C)=NC1OC2C. The molecule has 1 saturated heterocycles. The zero-order valence-electron chi connectivity index (χ0n) is 26.1. The number of phenolic OH excluding ortho intramolecular Hbond substituents is 1. The van der Waals surface area contributed by atoms with Gasteiger partial charge in [-0.2, -0.15) is 0 Å². The van der Waals surface area contributed by atoms with Gasteiger partial charge in [0.25, 0.3) is 0 Å². The van der Waals surface area contributed by atoms with Crippen molar-refractivity contribution < 1.29 is 28.2 Å². The van der Waals surface area contributed by atoms with E-state index in [0.29, 0.717) is 42.4 Å². The van der Waals surface area contributed by atoms with Crippen LogP contribution in [-0.4, -0.2) is 74.4 Å².